The van der Waals surface area contributed by atoms with Crippen molar-refractivity contribution in [2.24, 2.45) is 5.73 Å². The summed E-state index contributed by atoms with van der Waals surface area (Å²) in [6.07, 6.45) is 2.72. The molecule has 17 heavy (non-hydrogen) atoms. The van der Waals surface area contributed by atoms with Crippen LogP contribution >= 0.6 is 0 Å². The quantitative estimate of drug-likeness (QED) is 0.793. The van der Waals surface area contributed by atoms with Crippen molar-refractivity contribution < 1.29 is 9.26 Å². The molecule has 0 radical (unpaired) electrons. The van der Waals surface area contributed by atoms with Crippen LogP contribution in [0.4, 0.5) is 0 Å². The molecule has 0 bridgehead atoms. The van der Waals surface area contributed by atoms with Gasteiger partial charge in [0.2, 0.25) is 11.7 Å². The summed E-state index contributed by atoms with van der Waals surface area (Å²) in [5, 5.41) is 3.98. The van der Waals surface area contributed by atoms with Crippen molar-refractivity contribution in [2.75, 3.05) is 7.11 Å². The number of nitrogens with two attached hydrogens (primary N) is 1. The first-order valence-electron chi connectivity index (χ1n) is 6.25. The highest BCUT2D eigenvalue weighted by molar-refractivity contribution is 4.98. The van der Waals surface area contributed by atoms with Gasteiger partial charge >= 0.3 is 0 Å². The number of methoxy groups -OCH3 is 1. The second-order valence-electron chi connectivity index (χ2n) is 4.36. The third kappa shape index (κ3) is 3.51. The average Bonchev–Trinajstić information content (AvgIpc) is 2.83. The van der Waals surface area contributed by atoms with Gasteiger partial charge in [-0.2, -0.15) is 4.98 Å². The Kier molecular flexibility index (Phi) is 5.58. The number of aromatic nitrogens is 2. The zero-order chi connectivity index (χ0) is 12.8. The van der Waals surface area contributed by atoms with Crippen molar-refractivity contribution in [3.63, 3.8) is 0 Å². The van der Waals surface area contributed by atoms with E-state index in [1.807, 2.05) is 13.8 Å². The van der Waals surface area contributed by atoms with Crippen LogP contribution in [0.1, 0.15) is 63.8 Å². The van der Waals surface area contributed by atoms with E-state index in [9.17, 15) is 0 Å². The summed E-state index contributed by atoms with van der Waals surface area (Å²) in [6.45, 7) is 6.16. The van der Waals surface area contributed by atoms with Crippen LogP contribution in [0.3, 0.4) is 0 Å². The number of ether oxygens (including phenoxy) is 1. The number of hydrogen-bond acceptors (Lipinski definition) is 5. The normalized spacial score (nSPS) is 16.8. The summed E-state index contributed by atoms with van der Waals surface area (Å²) < 4.78 is 10.6. The lowest BCUT2D eigenvalue weighted by molar-refractivity contribution is 0.0854. The predicted octanol–water partition coefficient (Wildman–Crippen LogP) is 2.40. The lowest BCUT2D eigenvalue weighted by atomic mass is 10.0. The number of nitrogens with zero attached hydrogens (tertiary/aromatic N) is 2. The monoisotopic (exact) mass is 241 g/mol. The maximum absolute atomic E-state index is 5.97. The van der Waals surface area contributed by atoms with Gasteiger partial charge in [-0.05, 0) is 12.8 Å². The van der Waals surface area contributed by atoms with Crippen LogP contribution in [0.2, 0.25) is 0 Å². The van der Waals surface area contributed by atoms with Crippen LogP contribution in [-0.4, -0.2) is 23.3 Å². The van der Waals surface area contributed by atoms with E-state index < -0.39 is 0 Å². The lowest BCUT2D eigenvalue weighted by Gasteiger charge is -2.13. The van der Waals surface area contributed by atoms with Crippen molar-refractivity contribution >= 4 is 0 Å². The molecule has 5 heteroatoms. The third-order valence-electron chi connectivity index (χ3n) is 3.08. The molecule has 0 aliphatic rings. The lowest BCUT2D eigenvalue weighted by Crippen LogP contribution is -2.25. The van der Waals surface area contributed by atoms with Gasteiger partial charge in [-0.3, -0.25) is 0 Å². The fourth-order valence-electron chi connectivity index (χ4n) is 1.71. The van der Waals surface area contributed by atoms with E-state index in [4.69, 9.17) is 15.0 Å². The van der Waals surface area contributed by atoms with Gasteiger partial charge in [0.15, 0.2) is 0 Å². The predicted molar refractivity (Wildman–Crippen MR) is 65.6 cm³/mol. The van der Waals surface area contributed by atoms with Gasteiger partial charge in [-0.25, -0.2) is 0 Å². The molecule has 0 amide bonds. The number of hydrogen-bond donors (Lipinski definition) is 1. The molecule has 0 saturated heterocycles. The van der Waals surface area contributed by atoms with E-state index in [1.54, 1.807) is 7.11 Å². The summed E-state index contributed by atoms with van der Waals surface area (Å²) >= 11 is 0. The molecule has 1 aromatic heterocycles. The van der Waals surface area contributed by atoms with Crippen LogP contribution < -0.4 is 5.73 Å². The van der Waals surface area contributed by atoms with Crippen molar-refractivity contribution in [1.82, 2.24) is 10.1 Å². The largest absolute Gasteiger partial charge is 0.373 e. The molecule has 2 N–H and O–H groups in total. The Hall–Kier alpha value is -0.940. The Balaban J connectivity index is 2.76. The molecule has 1 rings (SSSR count). The first kappa shape index (κ1) is 14.1. The van der Waals surface area contributed by atoms with Crippen LogP contribution in [0.5, 0.6) is 0 Å². The summed E-state index contributed by atoms with van der Waals surface area (Å²) in [6, 6.07) is 0.0514. The zero-order valence-corrected chi connectivity index (χ0v) is 11.1. The first-order chi connectivity index (χ1) is 8.13. The van der Waals surface area contributed by atoms with Crippen molar-refractivity contribution in [1.29, 1.82) is 0 Å². The summed E-state index contributed by atoms with van der Waals surface area (Å²) in [4.78, 5) is 4.39. The highest BCUT2D eigenvalue weighted by Gasteiger charge is 2.23. The second-order valence-corrected chi connectivity index (χ2v) is 4.36. The van der Waals surface area contributed by atoms with Crippen LogP contribution in [0.15, 0.2) is 4.52 Å². The Morgan fingerprint density at radius 1 is 1.41 bits per heavy atom. The Morgan fingerprint density at radius 2 is 2.12 bits per heavy atom. The van der Waals surface area contributed by atoms with Crippen molar-refractivity contribution in [3.05, 3.63) is 11.7 Å². The molecule has 3 unspecified atom stereocenters. The zero-order valence-electron chi connectivity index (χ0n) is 11.1. The van der Waals surface area contributed by atoms with Crippen LogP contribution in [-0.2, 0) is 4.74 Å². The second kappa shape index (κ2) is 6.71. The Bertz CT molecular complexity index is 311. The average molecular weight is 241 g/mol. The molecule has 1 aromatic rings. The van der Waals surface area contributed by atoms with E-state index in [1.165, 1.54) is 0 Å². The van der Waals surface area contributed by atoms with E-state index in [0.29, 0.717) is 11.7 Å². The molecule has 3 atom stereocenters. The molecule has 1 heterocycles. The molecular formula is C12H23N3O2. The summed E-state index contributed by atoms with van der Waals surface area (Å²) in [5.74, 6) is 1.31. The maximum atomic E-state index is 5.97. The topological polar surface area (TPSA) is 74.2 Å². The van der Waals surface area contributed by atoms with Gasteiger partial charge in [0.25, 0.3) is 0 Å². The van der Waals surface area contributed by atoms with Gasteiger partial charge < -0.3 is 15.0 Å². The molecule has 0 spiro atoms. The highest BCUT2D eigenvalue weighted by Crippen LogP contribution is 2.23. The molecule has 0 aliphatic heterocycles. The fourth-order valence-corrected chi connectivity index (χ4v) is 1.71. The van der Waals surface area contributed by atoms with E-state index in [0.717, 1.165) is 19.3 Å². The highest BCUT2D eigenvalue weighted by atomic mass is 16.5. The maximum Gasteiger partial charge on any atom is 0.231 e. The van der Waals surface area contributed by atoms with Gasteiger partial charge in [0.1, 0.15) is 6.10 Å². The molecule has 0 fully saturated rings. The minimum Gasteiger partial charge on any atom is -0.373 e. The van der Waals surface area contributed by atoms with Crippen molar-refractivity contribution in [3.8, 4) is 0 Å². The van der Waals surface area contributed by atoms with Gasteiger partial charge in [0, 0.05) is 13.2 Å². The van der Waals surface area contributed by atoms with E-state index >= 15 is 0 Å². The molecular weight excluding hydrogens is 218 g/mol. The first-order valence-corrected chi connectivity index (χ1v) is 6.25. The summed E-state index contributed by atoms with van der Waals surface area (Å²) in [7, 11) is 1.66. The molecule has 0 aliphatic carbocycles. The van der Waals surface area contributed by atoms with Crippen molar-refractivity contribution in [2.45, 2.75) is 58.1 Å². The van der Waals surface area contributed by atoms with Crippen LogP contribution in [0, 0.1) is 0 Å². The van der Waals surface area contributed by atoms with E-state index in [-0.39, 0.29) is 18.1 Å². The number of rotatable bonds is 7. The minimum absolute atomic E-state index is 0.0514. The minimum atomic E-state index is -0.0810. The van der Waals surface area contributed by atoms with Crippen LogP contribution in [0.25, 0.3) is 0 Å². The Morgan fingerprint density at radius 3 is 2.65 bits per heavy atom. The summed E-state index contributed by atoms with van der Waals surface area (Å²) in [5.41, 5.74) is 5.97. The SMILES string of the molecule is CCCC(OC)c1noc(C(C)C(N)CC)n1. The standard InChI is InChI=1S/C12H23N3O2/c1-5-7-10(16-4)11-14-12(17-15-11)8(3)9(13)6-2/h8-10H,5-7,13H2,1-4H3. The van der Waals surface area contributed by atoms with Gasteiger partial charge in [-0.1, -0.05) is 32.3 Å². The molecule has 0 saturated carbocycles. The Labute approximate surface area is 103 Å². The third-order valence-corrected chi connectivity index (χ3v) is 3.08. The van der Waals surface area contributed by atoms with Gasteiger partial charge in [-0.15, -0.1) is 0 Å². The molecule has 5 nitrogen and oxygen atoms in total. The van der Waals surface area contributed by atoms with Gasteiger partial charge in [0.05, 0.1) is 5.92 Å². The molecule has 0 aromatic carbocycles. The molecule has 98 valence electrons. The fraction of sp³-hybridized carbons (Fsp3) is 0.833. The smallest absolute Gasteiger partial charge is 0.231 e. The van der Waals surface area contributed by atoms with E-state index in [2.05, 4.69) is 17.1 Å².